The molecule has 0 saturated carbocycles. The molecule has 1 aromatic rings. The molecule has 2 aliphatic heterocycles. The van der Waals surface area contributed by atoms with E-state index >= 15 is 0 Å². The fraction of sp³-hybridized carbons (Fsp3) is 0.444. The maximum absolute atomic E-state index is 12.8. The molecular formula is C18H21N3O5S. The summed E-state index contributed by atoms with van der Waals surface area (Å²) in [6.45, 7) is 0.805. The summed E-state index contributed by atoms with van der Waals surface area (Å²) < 4.78 is 32.1. The van der Waals surface area contributed by atoms with Crippen molar-refractivity contribution in [3.63, 3.8) is 0 Å². The molecular weight excluding hydrogens is 370 g/mol. The number of terminal acetylenes is 1. The van der Waals surface area contributed by atoms with Crippen LogP contribution in [0.15, 0.2) is 29.2 Å². The number of rotatable bonds is 5. The van der Waals surface area contributed by atoms with Gasteiger partial charge in [0.2, 0.25) is 15.9 Å². The van der Waals surface area contributed by atoms with E-state index in [-0.39, 0.29) is 42.1 Å². The van der Waals surface area contributed by atoms with Crippen LogP contribution < -0.4 is 10.6 Å². The Balaban J connectivity index is 1.77. The third-order valence-electron chi connectivity index (χ3n) is 4.54. The predicted octanol–water partition coefficient (Wildman–Crippen LogP) is -0.282. The molecule has 2 atom stereocenters. The number of amides is 2. The first-order chi connectivity index (χ1) is 12.9. The lowest BCUT2D eigenvalue weighted by molar-refractivity contribution is -0.122. The van der Waals surface area contributed by atoms with Crippen molar-refractivity contribution in [2.45, 2.75) is 29.9 Å². The number of benzene rings is 1. The number of sulfonamides is 1. The standard InChI is InChI=1S/C18H21N3O5S/c1-2-15(16-7-4-10-26-16)20-18(23)13-5-3-6-14(11-13)27(24,25)21-9-8-19-17(22)12-21/h1,3,5-6,11,15-16H,4,7-10,12H2,(H,19,22)(H,20,23)/t15-,16-/m0/s1. The van der Waals surface area contributed by atoms with E-state index in [1.165, 1.54) is 24.3 Å². The van der Waals surface area contributed by atoms with Gasteiger partial charge in [-0.2, -0.15) is 4.31 Å². The van der Waals surface area contributed by atoms with Crippen molar-refractivity contribution < 1.29 is 22.7 Å². The summed E-state index contributed by atoms with van der Waals surface area (Å²) in [7, 11) is -3.87. The molecule has 144 valence electrons. The van der Waals surface area contributed by atoms with E-state index in [1.54, 1.807) is 0 Å². The van der Waals surface area contributed by atoms with E-state index in [4.69, 9.17) is 11.2 Å². The van der Waals surface area contributed by atoms with Crippen LogP contribution in [0.4, 0.5) is 0 Å². The molecule has 0 aromatic heterocycles. The molecule has 2 amide bonds. The zero-order valence-corrected chi connectivity index (χ0v) is 15.5. The zero-order valence-electron chi connectivity index (χ0n) is 14.7. The second-order valence-electron chi connectivity index (χ2n) is 6.39. The van der Waals surface area contributed by atoms with Gasteiger partial charge in [0.05, 0.1) is 17.5 Å². The summed E-state index contributed by atoms with van der Waals surface area (Å²) in [5.41, 5.74) is 0.177. The lowest BCUT2D eigenvalue weighted by atomic mass is 10.1. The molecule has 0 spiro atoms. The van der Waals surface area contributed by atoms with Gasteiger partial charge >= 0.3 is 0 Å². The molecule has 2 fully saturated rings. The second kappa shape index (κ2) is 8.08. The van der Waals surface area contributed by atoms with Crippen molar-refractivity contribution in [1.29, 1.82) is 0 Å². The largest absolute Gasteiger partial charge is 0.375 e. The number of carbonyl (C=O) groups is 2. The molecule has 2 heterocycles. The molecule has 9 heteroatoms. The van der Waals surface area contributed by atoms with Gasteiger partial charge < -0.3 is 15.4 Å². The third-order valence-corrected chi connectivity index (χ3v) is 6.38. The van der Waals surface area contributed by atoms with Crippen LogP contribution in [0.2, 0.25) is 0 Å². The van der Waals surface area contributed by atoms with Crippen LogP contribution in [0.3, 0.4) is 0 Å². The summed E-state index contributed by atoms with van der Waals surface area (Å²) in [6, 6.07) is 5.12. The van der Waals surface area contributed by atoms with E-state index in [1.807, 2.05) is 0 Å². The molecule has 2 N–H and O–H groups in total. The fourth-order valence-electron chi connectivity index (χ4n) is 3.10. The monoisotopic (exact) mass is 391 g/mol. The zero-order chi connectivity index (χ0) is 19.4. The molecule has 3 rings (SSSR count). The summed E-state index contributed by atoms with van der Waals surface area (Å²) in [5, 5.41) is 5.30. The molecule has 2 aliphatic rings. The Labute approximate surface area is 158 Å². The predicted molar refractivity (Wildman–Crippen MR) is 97.3 cm³/mol. The van der Waals surface area contributed by atoms with Crippen LogP contribution >= 0.6 is 0 Å². The molecule has 2 saturated heterocycles. The molecule has 1 aromatic carbocycles. The lowest BCUT2D eigenvalue weighted by Gasteiger charge is -2.26. The first-order valence-electron chi connectivity index (χ1n) is 8.67. The van der Waals surface area contributed by atoms with Gasteiger partial charge in [0.15, 0.2) is 0 Å². The quantitative estimate of drug-likeness (QED) is 0.672. The lowest BCUT2D eigenvalue weighted by Crippen LogP contribution is -2.49. The Morgan fingerprint density at radius 3 is 2.93 bits per heavy atom. The number of ether oxygens (including phenoxy) is 1. The van der Waals surface area contributed by atoms with Gasteiger partial charge in [-0.3, -0.25) is 9.59 Å². The van der Waals surface area contributed by atoms with Gasteiger partial charge in [-0.15, -0.1) is 6.42 Å². The van der Waals surface area contributed by atoms with Crippen LogP contribution in [0, 0.1) is 12.3 Å². The Kier molecular flexibility index (Phi) is 5.79. The molecule has 27 heavy (non-hydrogen) atoms. The average molecular weight is 391 g/mol. The van der Waals surface area contributed by atoms with Gasteiger partial charge in [-0.1, -0.05) is 12.0 Å². The highest BCUT2D eigenvalue weighted by molar-refractivity contribution is 7.89. The number of piperazine rings is 1. The van der Waals surface area contributed by atoms with E-state index in [9.17, 15) is 18.0 Å². The summed E-state index contributed by atoms with van der Waals surface area (Å²) in [5.74, 6) is 1.69. The van der Waals surface area contributed by atoms with E-state index in [0.717, 1.165) is 17.1 Å². The van der Waals surface area contributed by atoms with Crippen LogP contribution in [-0.4, -0.2) is 62.9 Å². The number of nitrogens with one attached hydrogen (secondary N) is 2. The summed E-state index contributed by atoms with van der Waals surface area (Å²) in [6.07, 6.45) is 6.91. The van der Waals surface area contributed by atoms with Gasteiger partial charge in [-0.25, -0.2) is 8.42 Å². The second-order valence-corrected chi connectivity index (χ2v) is 8.32. The fourth-order valence-corrected chi connectivity index (χ4v) is 4.54. The smallest absolute Gasteiger partial charge is 0.252 e. The molecule has 0 aliphatic carbocycles. The van der Waals surface area contributed by atoms with Gasteiger partial charge in [0, 0.05) is 25.3 Å². The average Bonchev–Trinajstić information content (AvgIpc) is 3.20. The molecule has 0 unspecified atom stereocenters. The van der Waals surface area contributed by atoms with Crippen molar-refractivity contribution in [3.8, 4) is 12.3 Å². The number of hydrogen-bond acceptors (Lipinski definition) is 5. The number of nitrogens with zero attached hydrogens (tertiary/aromatic N) is 1. The van der Waals surface area contributed by atoms with Crippen molar-refractivity contribution in [2.75, 3.05) is 26.2 Å². The van der Waals surface area contributed by atoms with Crippen LogP contribution in [0.1, 0.15) is 23.2 Å². The summed E-state index contributed by atoms with van der Waals surface area (Å²) in [4.78, 5) is 24.0. The highest BCUT2D eigenvalue weighted by Gasteiger charge is 2.30. The van der Waals surface area contributed by atoms with E-state index in [2.05, 4.69) is 16.6 Å². The Morgan fingerprint density at radius 2 is 2.26 bits per heavy atom. The molecule has 8 nitrogen and oxygen atoms in total. The maximum Gasteiger partial charge on any atom is 0.252 e. The SMILES string of the molecule is C#C[C@H](NC(=O)c1cccc(S(=O)(=O)N2CCNC(=O)C2)c1)[C@@H]1CCCO1. The van der Waals surface area contributed by atoms with Gasteiger partial charge in [0.1, 0.15) is 6.04 Å². The Morgan fingerprint density at radius 1 is 1.44 bits per heavy atom. The maximum atomic E-state index is 12.8. The minimum atomic E-state index is -3.87. The first kappa shape index (κ1) is 19.4. The molecule has 0 radical (unpaired) electrons. The Hall–Kier alpha value is -2.41. The van der Waals surface area contributed by atoms with Gasteiger partial charge in [-0.05, 0) is 31.0 Å². The van der Waals surface area contributed by atoms with Crippen molar-refractivity contribution >= 4 is 21.8 Å². The molecule has 0 bridgehead atoms. The first-order valence-corrected chi connectivity index (χ1v) is 10.1. The van der Waals surface area contributed by atoms with E-state index in [0.29, 0.717) is 6.61 Å². The highest BCUT2D eigenvalue weighted by Crippen LogP contribution is 2.19. The number of carbonyl (C=O) groups excluding carboxylic acids is 2. The van der Waals surface area contributed by atoms with Crippen molar-refractivity contribution in [1.82, 2.24) is 14.9 Å². The third kappa shape index (κ3) is 4.30. The summed E-state index contributed by atoms with van der Waals surface area (Å²) >= 11 is 0. The van der Waals surface area contributed by atoms with Crippen LogP contribution in [0.25, 0.3) is 0 Å². The number of hydrogen-bond donors (Lipinski definition) is 2. The highest BCUT2D eigenvalue weighted by atomic mass is 32.2. The Bertz CT molecular complexity index is 871. The normalized spacial score (nSPS) is 21.9. The topological polar surface area (TPSA) is 105 Å². The minimum Gasteiger partial charge on any atom is -0.375 e. The van der Waals surface area contributed by atoms with Gasteiger partial charge in [0.25, 0.3) is 5.91 Å². The van der Waals surface area contributed by atoms with Crippen molar-refractivity contribution in [3.05, 3.63) is 29.8 Å². The van der Waals surface area contributed by atoms with Crippen LogP contribution in [-0.2, 0) is 19.6 Å². The van der Waals surface area contributed by atoms with Crippen LogP contribution in [0.5, 0.6) is 0 Å². The van der Waals surface area contributed by atoms with Crippen molar-refractivity contribution in [2.24, 2.45) is 0 Å². The minimum absolute atomic E-state index is 0.0424. The van der Waals surface area contributed by atoms with E-state index < -0.39 is 22.0 Å².